The first-order valence-electron chi connectivity index (χ1n) is 7.28. The van der Waals surface area contributed by atoms with Crippen molar-refractivity contribution in [3.05, 3.63) is 23.8 Å². The van der Waals surface area contributed by atoms with E-state index in [-0.39, 0.29) is 12.5 Å². The quantitative estimate of drug-likeness (QED) is 0.839. The van der Waals surface area contributed by atoms with Gasteiger partial charge < -0.3 is 19.5 Å². The zero-order valence-corrected chi connectivity index (χ0v) is 13.1. The number of piperidine rings is 1. The summed E-state index contributed by atoms with van der Waals surface area (Å²) in [5.41, 5.74) is -0.620. The van der Waals surface area contributed by atoms with Gasteiger partial charge in [-0.1, -0.05) is 0 Å². The summed E-state index contributed by atoms with van der Waals surface area (Å²) in [6, 6.07) is 5.16. The van der Waals surface area contributed by atoms with Crippen LogP contribution in [0.5, 0.6) is 11.5 Å². The predicted octanol–water partition coefficient (Wildman–Crippen LogP) is 1.76. The minimum absolute atomic E-state index is 0.169. The van der Waals surface area contributed by atoms with Gasteiger partial charge in [0, 0.05) is 18.1 Å². The van der Waals surface area contributed by atoms with Gasteiger partial charge in [0.1, 0.15) is 11.5 Å². The van der Waals surface area contributed by atoms with Gasteiger partial charge >= 0.3 is 5.97 Å². The lowest BCUT2D eigenvalue weighted by atomic mass is 9.81. The van der Waals surface area contributed by atoms with E-state index in [1.807, 2.05) is 0 Å². The Balaban J connectivity index is 2.53. The zero-order chi connectivity index (χ0) is 16.2. The van der Waals surface area contributed by atoms with Crippen molar-refractivity contribution in [2.24, 2.45) is 0 Å². The second-order valence-corrected chi connectivity index (χ2v) is 5.09. The molecule has 0 saturated carbocycles. The number of benzene rings is 1. The van der Waals surface area contributed by atoms with Gasteiger partial charge in [0.05, 0.1) is 20.8 Å². The third kappa shape index (κ3) is 2.86. The first-order chi connectivity index (χ1) is 10.6. The molecule has 6 nitrogen and oxygen atoms in total. The van der Waals surface area contributed by atoms with E-state index < -0.39 is 11.5 Å². The molecule has 1 aromatic rings. The van der Waals surface area contributed by atoms with Gasteiger partial charge in [-0.3, -0.25) is 4.79 Å². The highest BCUT2D eigenvalue weighted by Crippen LogP contribution is 2.39. The molecule has 2 rings (SSSR count). The summed E-state index contributed by atoms with van der Waals surface area (Å²) in [6.07, 6.45) is 1.49. The van der Waals surface area contributed by atoms with E-state index in [1.165, 1.54) is 7.11 Å². The van der Waals surface area contributed by atoms with Crippen molar-refractivity contribution in [1.82, 2.24) is 5.32 Å². The number of ether oxygens (including phenoxy) is 3. The summed E-state index contributed by atoms with van der Waals surface area (Å²) in [5.74, 6) is 0.458. The van der Waals surface area contributed by atoms with Crippen LogP contribution in [0.1, 0.15) is 31.7 Å². The van der Waals surface area contributed by atoms with Crippen LogP contribution in [0.2, 0.25) is 0 Å². The van der Waals surface area contributed by atoms with Crippen LogP contribution in [0.25, 0.3) is 0 Å². The smallest absolute Gasteiger partial charge is 0.336 e. The van der Waals surface area contributed by atoms with Gasteiger partial charge in [-0.25, -0.2) is 4.79 Å². The molecule has 1 atom stereocenters. The molecule has 1 aromatic carbocycles. The van der Waals surface area contributed by atoms with E-state index in [9.17, 15) is 9.59 Å². The molecule has 0 spiro atoms. The van der Waals surface area contributed by atoms with E-state index in [4.69, 9.17) is 14.2 Å². The van der Waals surface area contributed by atoms with Crippen LogP contribution in [0.4, 0.5) is 0 Å². The Morgan fingerprint density at radius 1 is 1.32 bits per heavy atom. The molecule has 22 heavy (non-hydrogen) atoms. The van der Waals surface area contributed by atoms with E-state index >= 15 is 0 Å². The highest BCUT2D eigenvalue weighted by Gasteiger charge is 2.47. The molecule has 1 unspecified atom stereocenters. The van der Waals surface area contributed by atoms with Gasteiger partial charge in [0.2, 0.25) is 5.91 Å². The fourth-order valence-electron chi connectivity index (χ4n) is 2.75. The number of hydrogen-bond acceptors (Lipinski definition) is 5. The van der Waals surface area contributed by atoms with Gasteiger partial charge in [-0.05, 0) is 31.9 Å². The van der Waals surface area contributed by atoms with Gasteiger partial charge in [0.25, 0.3) is 0 Å². The maximum Gasteiger partial charge on any atom is 0.336 e. The van der Waals surface area contributed by atoms with Crippen molar-refractivity contribution in [2.45, 2.75) is 31.7 Å². The van der Waals surface area contributed by atoms with Gasteiger partial charge in [-0.15, -0.1) is 0 Å². The zero-order valence-electron chi connectivity index (χ0n) is 13.1. The topological polar surface area (TPSA) is 73.9 Å². The Morgan fingerprint density at radius 3 is 2.68 bits per heavy atom. The van der Waals surface area contributed by atoms with Crippen molar-refractivity contribution >= 4 is 11.9 Å². The Bertz CT molecular complexity index is 572. The number of carbonyl (C=O) groups is 2. The minimum atomic E-state index is -1.21. The summed E-state index contributed by atoms with van der Waals surface area (Å²) in [7, 11) is 3.07. The first-order valence-corrected chi connectivity index (χ1v) is 7.28. The summed E-state index contributed by atoms with van der Waals surface area (Å²) in [5, 5.41) is 2.81. The number of carbonyl (C=O) groups excluding carboxylic acids is 2. The van der Waals surface area contributed by atoms with Crippen molar-refractivity contribution in [3.8, 4) is 11.5 Å². The maximum atomic E-state index is 12.6. The number of rotatable bonds is 5. The lowest BCUT2D eigenvalue weighted by Crippen LogP contribution is -2.55. The van der Waals surface area contributed by atoms with E-state index in [2.05, 4.69) is 5.32 Å². The number of esters is 1. The van der Waals surface area contributed by atoms with Crippen LogP contribution in [0, 0.1) is 0 Å². The molecular formula is C16H21NO5. The van der Waals surface area contributed by atoms with Crippen LogP contribution in [0.15, 0.2) is 18.2 Å². The van der Waals surface area contributed by atoms with Crippen LogP contribution in [-0.4, -0.2) is 32.7 Å². The van der Waals surface area contributed by atoms with Crippen molar-refractivity contribution in [3.63, 3.8) is 0 Å². The predicted molar refractivity (Wildman–Crippen MR) is 79.9 cm³/mol. The van der Waals surface area contributed by atoms with Crippen LogP contribution >= 0.6 is 0 Å². The Labute approximate surface area is 129 Å². The highest BCUT2D eigenvalue weighted by molar-refractivity contribution is 5.91. The molecule has 1 fully saturated rings. The largest absolute Gasteiger partial charge is 0.497 e. The van der Waals surface area contributed by atoms with E-state index in [0.29, 0.717) is 36.3 Å². The molecule has 1 saturated heterocycles. The maximum absolute atomic E-state index is 12.6. The highest BCUT2D eigenvalue weighted by atomic mass is 16.5. The van der Waals surface area contributed by atoms with Crippen molar-refractivity contribution < 1.29 is 23.8 Å². The third-order valence-electron chi connectivity index (χ3n) is 3.80. The Kier molecular flexibility index (Phi) is 4.90. The lowest BCUT2D eigenvalue weighted by molar-refractivity contribution is -0.156. The summed E-state index contributed by atoms with van der Waals surface area (Å²) < 4.78 is 15.8. The molecule has 6 heteroatoms. The lowest BCUT2D eigenvalue weighted by Gasteiger charge is -2.36. The van der Waals surface area contributed by atoms with Crippen LogP contribution in [-0.2, 0) is 19.9 Å². The van der Waals surface area contributed by atoms with E-state index in [0.717, 1.165) is 0 Å². The SMILES string of the molecule is CCOC(=O)C1(c2ccc(OC)cc2OC)CCCC(=O)N1. The summed E-state index contributed by atoms with van der Waals surface area (Å²) >= 11 is 0. The van der Waals surface area contributed by atoms with Crippen LogP contribution in [0.3, 0.4) is 0 Å². The second kappa shape index (κ2) is 6.68. The van der Waals surface area contributed by atoms with Gasteiger partial charge in [0.15, 0.2) is 5.54 Å². The molecule has 1 heterocycles. The normalized spacial score (nSPS) is 21.0. The fraction of sp³-hybridized carbons (Fsp3) is 0.500. The fourth-order valence-corrected chi connectivity index (χ4v) is 2.75. The molecule has 1 N–H and O–H groups in total. The number of amides is 1. The average molecular weight is 307 g/mol. The molecular weight excluding hydrogens is 286 g/mol. The van der Waals surface area contributed by atoms with Crippen molar-refractivity contribution in [2.75, 3.05) is 20.8 Å². The molecule has 0 radical (unpaired) electrons. The van der Waals surface area contributed by atoms with Gasteiger partial charge in [-0.2, -0.15) is 0 Å². The second-order valence-electron chi connectivity index (χ2n) is 5.09. The Morgan fingerprint density at radius 2 is 2.09 bits per heavy atom. The third-order valence-corrected chi connectivity index (χ3v) is 3.80. The summed E-state index contributed by atoms with van der Waals surface area (Å²) in [6.45, 7) is 1.98. The molecule has 1 amide bonds. The molecule has 0 bridgehead atoms. The minimum Gasteiger partial charge on any atom is -0.497 e. The number of nitrogens with one attached hydrogen (secondary N) is 1. The molecule has 0 aliphatic carbocycles. The van der Waals surface area contributed by atoms with Crippen molar-refractivity contribution in [1.29, 1.82) is 0 Å². The number of hydrogen-bond donors (Lipinski definition) is 1. The standard InChI is InChI=1S/C16H21NO5/c1-4-22-15(19)16(9-5-6-14(18)17-16)12-8-7-11(20-2)10-13(12)21-3/h7-8,10H,4-6,9H2,1-3H3,(H,17,18). The first kappa shape index (κ1) is 16.1. The molecule has 0 aromatic heterocycles. The monoisotopic (exact) mass is 307 g/mol. The molecule has 120 valence electrons. The summed E-state index contributed by atoms with van der Waals surface area (Å²) in [4.78, 5) is 24.5. The number of methoxy groups -OCH3 is 2. The molecule has 1 aliphatic heterocycles. The Hall–Kier alpha value is -2.24. The van der Waals surface area contributed by atoms with Crippen LogP contribution < -0.4 is 14.8 Å². The van der Waals surface area contributed by atoms with E-state index in [1.54, 1.807) is 32.2 Å². The average Bonchev–Trinajstić information content (AvgIpc) is 2.54. The molecule has 1 aliphatic rings.